The summed E-state index contributed by atoms with van der Waals surface area (Å²) in [6.07, 6.45) is 1.43. The van der Waals surface area contributed by atoms with Crippen molar-refractivity contribution in [3.05, 3.63) is 110 Å². The van der Waals surface area contributed by atoms with Gasteiger partial charge in [-0.1, -0.05) is 53.5 Å². The molecule has 35 heavy (non-hydrogen) atoms. The number of halogens is 3. The van der Waals surface area contributed by atoms with E-state index in [0.29, 0.717) is 32.5 Å². The molecule has 174 valence electrons. The van der Waals surface area contributed by atoms with Crippen LogP contribution in [0.15, 0.2) is 76.6 Å². The first-order valence-corrected chi connectivity index (χ1v) is 11.0. The number of aromatic amines is 1. The predicted octanol–water partition coefficient (Wildman–Crippen LogP) is 5.78. The Kier molecular flexibility index (Phi) is 7.41. The van der Waals surface area contributed by atoms with E-state index in [2.05, 4.69) is 20.5 Å². The Hall–Kier alpha value is -4.19. The molecule has 0 saturated carbocycles. The summed E-state index contributed by atoms with van der Waals surface area (Å²) >= 11 is 12.5. The van der Waals surface area contributed by atoms with Crippen LogP contribution in [0, 0.1) is 17.1 Å². The Morgan fingerprint density at radius 1 is 1.14 bits per heavy atom. The molecule has 0 bridgehead atoms. The van der Waals surface area contributed by atoms with E-state index in [1.54, 1.807) is 36.4 Å². The lowest BCUT2D eigenvalue weighted by Gasteiger charge is -2.11. The summed E-state index contributed by atoms with van der Waals surface area (Å²) < 4.78 is 18.8. The number of nitrogens with zero attached hydrogens (tertiary/aromatic N) is 3. The Bertz CT molecular complexity index is 1480. The quantitative estimate of drug-likeness (QED) is 0.243. The number of H-pyrrole nitrogens is 1. The van der Waals surface area contributed by atoms with Gasteiger partial charge in [-0.15, -0.1) is 0 Å². The number of nitrogens with one attached hydrogen (secondary N) is 2. The molecule has 3 aromatic carbocycles. The van der Waals surface area contributed by atoms with E-state index in [1.165, 1.54) is 30.5 Å². The summed E-state index contributed by atoms with van der Waals surface area (Å²) in [7, 11) is 0. The van der Waals surface area contributed by atoms with Crippen LogP contribution in [-0.2, 0) is 6.61 Å². The number of hydrogen-bond donors (Lipinski definition) is 2. The van der Waals surface area contributed by atoms with Gasteiger partial charge in [-0.25, -0.2) is 14.8 Å². The standard InChI is InChI=1S/C25H16Cl2FN5O2/c26-17-10-16(14-35-19-8-6-18(28)7-9-19)21(22(27)11-17)13-30-33-25-31-23(15-4-2-1-3-5-15)20(12-29)24(34)32-25/h1-11,13H,14H2,(H2,31,32,33,34). The van der Waals surface area contributed by atoms with E-state index in [1.807, 2.05) is 12.1 Å². The Morgan fingerprint density at radius 3 is 2.60 bits per heavy atom. The van der Waals surface area contributed by atoms with E-state index in [0.717, 1.165) is 0 Å². The molecular formula is C25H16Cl2FN5O2. The molecule has 2 N–H and O–H groups in total. The minimum atomic E-state index is -0.600. The fourth-order valence-corrected chi connectivity index (χ4v) is 3.77. The molecule has 0 amide bonds. The van der Waals surface area contributed by atoms with E-state index in [9.17, 15) is 14.4 Å². The van der Waals surface area contributed by atoms with Crippen LogP contribution in [0.3, 0.4) is 0 Å². The molecular weight excluding hydrogens is 492 g/mol. The number of hydrogen-bond acceptors (Lipinski definition) is 6. The lowest BCUT2D eigenvalue weighted by molar-refractivity contribution is 0.305. The van der Waals surface area contributed by atoms with E-state index < -0.39 is 5.56 Å². The van der Waals surface area contributed by atoms with Crippen molar-refractivity contribution in [2.75, 3.05) is 5.43 Å². The Morgan fingerprint density at radius 2 is 1.89 bits per heavy atom. The lowest BCUT2D eigenvalue weighted by Crippen LogP contribution is -2.16. The molecule has 0 radical (unpaired) electrons. The van der Waals surface area contributed by atoms with Crippen molar-refractivity contribution >= 4 is 35.4 Å². The van der Waals surface area contributed by atoms with Gasteiger partial charge >= 0.3 is 0 Å². The summed E-state index contributed by atoms with van der Waals surface area (Å²) in [6.45, 7) is 0.0946. The molecule has 0 saturated heterocycles. The third-order valence-corrected chi connectivity index (χ3v) is 5.36. The van der Waals surface area contributed by atoms with Crippen LogP contribution in [0.4, 0.5) is 10.3 Å². The summed E-state index contributed by atoms with van der Waals surface area (Å²) in [5.74, 6) is 0.140. The minimum Gasteiger partial charge on any atom is -0.489 e. The number of ether oxygens (including phenoxy) is 1. The average molecular weight is 508 g/mol. The molecule has 1 heterocycles. The summed E-state index contributed by atoms with van der Waals surface area (Å²) in [4.78, 5) is 19.2. The van der Waals surface area contributed by atoms with E-state index in [-0.39, 0.29) is 29.6 Å². The molecule has 1 aromatic heterocycles. The summed E-state index contributed by atoms with van der Waals surface area (Å²) in [5.41, 5.74) is 3.95. The van der Waals surface area contributed by atoms with Gasteiger partial charge in [-0.2, -0.15) is 10.4 Å². The second kappa shape index (κ2) is 10.8. The SMILES string of the molecule is N#Cc1c(-c2ccccc2)nc(NN=Cc2c(Cl)cc(Cl)cc2COc2ccc(F)cc2)[nH]c1=O. The fourth-order valence-electron chi connectivity index (χ4n) is 3.19. The van der Waals surface area contributed by atoms with Crippen molar-refractivity contribution < 1.29 is 9.13 Å². The molecule has 7 nitrogen and oxygen atoms in total. The van der Waals surface area contributed by atoms with Crippen LogP contribution in [0.1, 0.15) is 16.7 Å². The second-order valence-corrected chi connectivity index (χ2v) is 8.03. The number of nitriles is 1. The molecule has 0 aliphatic carbocycles. The van der Waals surface area contributed by atoms with E-state index in [4.69, 9.17) is 27.9 Å². The predicted molar refractivity (Wildman–Crippen MR) is 133 cm³/mol. The Balaban J connectivity index is 1.59. The van der Waals surface area contributed by atoms with Gasteiger partial charge in [0.25, 0.3) is 5.56 Å². The van der Waals surface area contributed by atoms with Crippen molar-refractivity contribution in [2.24, 2.45) is 5.10 Å². The second-order valence-electron chi connectivity index (χ2n) is 7.19. The fraction of sp³-hybridized carbons (Fsp3) is 0.0400. The number of benzene rings is 3. The van der Waals surface area contributed by atoms with Crippen molar-refractivity contribution in [3.63, 3.8) is 0 Å². The van der Waals surface area contributed by atoms with Crippen molar-refractivity contribution in [2.45, 2.75) is 6.61 Å². The maximum absolute atomic E-state index is 13.1. The number of aromatic nitrogens is 2. The highest BCUT2D eigenvalue weighted by molar-refractivity contribution is 6.36. The molecule has 0 aliphatic heterocycles. The molecule has 4 aromatic rings. The maximum Gasteiger partial charge on any atom is 0.270 e. The monoisotopic (exact) mass is 507 g/mol. The van der Waals surface area contributed by atoms with Crippen LogP contribution >= 0.6 is 23.2 Å². The number of rotatable bonds is 7. The number of hydrazone groups is 1. The largest absolute Gasteiger partial charge is 0.489 e. The first-order valence-electron chi connectivity index (χ1n) is 10.2. The highest BCUT2D eigenvalue weighted by atomic mass is 35.5. The van der Waals surface area contributed by atoms with Crippen molar-refractivity contribution in [3.8, 4) is 23.1 Å². The Labute approximate surface area is 209 Å². The highest BCUT2D eigenvalue weighted by Crippen LogP contribution is 2.26. The van der Waals surface area contributed by atoms with Gasteiger partial charge < -0.3 is 4.74 Å². The number of anilines is 1. The third kappa shape index (κ3) is 5.84. The minimum absolute atomic E-state index is 0.0401. The van der Waals surface area contributed by atoms with Crippen LogP contribution < -0.4 is 15.7 Å². The van der Waals surface area contributed by atoms with Gasteiger partial charge in [-0.3, -0.25) is 9.78 Å². The van der Waals surface area contributed by atoms with Crippen LogP contribution in [0.5, 0.6) is 5.75 Å². The normalized spacial score (nSPS) is 10.8. The van der Waals surface area contributed by atoms with Crippen molar-refractivity contribution in [1.82, 2.24) is 9.97 Å². The molecule has 0 atom stereocenters. The summed E-state index contributed by atoms with van der Waals surface area (Å²) in [5, 5.41) is 14.3. The van der Waals surface area contributed by atoms with Crippen LogP contribution in [0.25, 0.3) is 11.3 Å². The van der Waals surface area contributed by atoms with Gasteiger partial charge in [-0.05, 0) is 36.4 Å². The van der Waals surface area contributed by atoms with Gasteiger partial charge in [0.2, 0.25) is 5.95 Å². The molecule has 10 heteroatoms. The zero-order valence-corrected chi connectivity index (χ0v) is 19.4. The third-order valence-electron chi connectivity index (χ3n) is 4.83. The molecule has 4 rings (SSSR count). The van der Waals surface area contributed by atoms with Crippen molar-refractivity contribution in [1.29, 1.82) is 5.26 Å². The maximum atomic E-state index is 13.1. The van der Waals surface area contributed by atoms with Crippen LogP contribution in [-0.4, -0.2) is 16.2 Å². The lowest BCUT2D eigenvalue weighted by atomic mass is 10.1. The molecule has 0 fully saturated rings. The van der Waals surface area contributed by atoms with E-state index >= 15 is 0 Å². The smallest absolute Gasteiger partial charge is 0.270 e. The highest BCUT2D eigenvalue weighted by Gasteiger charge is 2.13. The first kappa shape index (κ1) is 24.0. The zero-order valence-electron chi connectivity index (χ0n) is 17.9. The van der Waals surface area contributed by atoms with Gasteiger partial charge in [0, 0.05) is 21.7 Å². The topological polar surface area (TPSA) is 103 Å². The van der Waals surface area contributed by atoms with Gasteiger partial charge in [0.05, 0.1) is 16.9 Å². The van der Waals surface area contributed by atoms with Crippen LogP contribution in [0.2, 0.25) is 10.0 Å². The summed E-state index contributed by atoms with van der Waals surface area (Å²) in [6, 6.07) is 19.6. The van der Waals surface area contributed by atoms with Gasteiger partial charge in [0.15, 0.2) is 0 Å². The zero-order chi connectivity index (χ0) is 24.8. The molecule has 0 spiro atoms. The molecule has 0 unspecified atom stereocenters. The first-order chi connectivity index (χ1) is 16.9. The van der Waals surface area contributed by atoms with Gasteiger partial charge in [0.1, 0.15) is 29.8 Å². The molecule has 0 aliphatic rings. The average Bonchev–Trinajstić information content (AvgIpc) is 2.85.